The molecule has 3 aromatic carbocycles. The third kappa shape index (κ3) is 6.11. The van der Waals surface area contributed by atoms with Gasteiger partial charge in [0.1, 0.15) is 0 Å². The van der Waals surface area contributed by atoms with Crippen molar-refractivity contribution in [1.29, 1.82) is 0 Å². The molecule has 4 atom stereocenters. The molecular formula is C44H47IO6. The molecule has 3 aromatic rings. The van der Waals surface area contributed by atoms with Crippen LogP contribution in [0.1, 0.15) is 88.2 Å². The maximum atomic E-state index is 14.6. The third-order valence-corrected chi connectivity index (χ3v) is 16.3. The monoisotopic (exact) mass is 798 g/mol. The van der Waals surface area contributed by atoms with Crippen LogP contribution in [0.15, 0.2) is 92.0 Å². The molecule has 8 fully saturated rings. The van der Waals surface area contributed by atoms with Gasteiger partial charge in [-0.25, -0.2) is 0 Å². The summed E-state index contributed by atoms with van der Waals surface area (Å²) in [4.78, 5) is 29.2. The van der Waals surface area contributed by atoms with Crippen molar-refractivity contribution in [2.24, 2.45) is 34.5 Å². The number of hydrogen-bond acceptors (Lipinski definition) is 6. The van der Waals surface area contributed by atoms with Crippen LogP contribution in [-0.2, 0) is 15.7 Å². The van der Waals surface area contributed by atoms with Crippen molar-refractivity contribution in [2.45, 2.75) is 88.3 Å². The number of benzene rings is 3. The first-order valence-corrected chi connectivity index (χ1v) is 21.6. The Hall–Kier alpha value is -3.59. The van der Waals surface area contributed by atoms with E-state index in [0.717, 1.165) is 90.4 Å². The van der Waals surface area contributed by atoms with E-state index < -0.39 is 31.5 Å². The molecule has 7 heteroatoms. The van der Waals surface area contributed by atoms with E-state index in [1.165, 1.54) is 0 Å². The summed E-state index contributed by atoms with van der Waals surface area (Å²) in [6, 6.07) is 25.9. The molecule has 8 bridgehead atoms. The summed E-state index contributed by atoms with van der Waals surface area (Å²) in [6.45, 7) is 7.75. The Morgan fingerprint density at radius 3 is 1.33 bits per heavy atom. The Labute approximate surface area is 309 Å². The molecule has 0 amide bonds. The van der Waals surface area contributed by atoms with Crippen LogP contribution in [0.2, 0.25) is 0 Å². The number of hydrogen-bond donors (Lipinski definition) is 0. The molecule has 51 heavy (non-hydrogen) atoms. The van der Waals surface area contributed by atoms with Crippen LogP contribution in [0, 0.1) is 38.1 Å². The number of rotatable bonds is 11. The Bertz CT molecular complexity index is 1690. The minimum absolute atomic E-state index is 0.193. The van der Waals surface area contributed by atoms with Crippen LogP contribution in [-0.4, -0.2) is 23.1 Å². The van der Waals surface area contributed by atoms with Crippen molar-refractivity contribution in [3.63, 3.8) is 0 Å². The van der Waals surface area contributed by atoms with Crippen LogP contribution in [0.3, 0.4) is 0 Å². The van der Waals surface area contributed by atoms with Crippen molar-refractivity contribution in [2.75, 3.05) is 0 Å². The molecule has 0 aliphatic heterocycles. The van der Waals surface area contributed by atoms with Gasteiger partial charge in [-0.05, 0) is 0 Å². The first-order chi connectivity index (χ1) is 24.7. The van der Waals surface area contributed by atoms with Gasteiger partial charge in [0.15, 0.2) is 0 Å². The fraction of sp³-hybridized carbons (Fsp3) is 0.455. The van der Waals surface area contributed by atoms with Crippen molar-refractivity contribution >= 4 is 44.7 Å². The molecule has 4 unspecified atom stereocenters. The SMILES string of the molecule is C=Cc1ccc(OC23CC4CC(C2)CC(C(=O)OI(OC(=O)C25CC6CC(CC(Oc7ccc(C=C)cc7)(C6)C2)C5)c2ccccc2)(C4)C3)cc1. The predicted molar refractivity (Wildman–Crippen MR) is 205 cm³/mol. The van der Waals surface area contributed by atoms with E-state index in [2.05, 4.69) is 13.2 Å². The number of ether oxygens (including phenoxy) is 2. The molecule has 0 heterocycles. The second-order valence-corrected chi connectivity index (χ2v) is 20.2. The van der Waals surface area contributed by atoms with Crippen molar-refractivity contribution in [3.05, 3.63) is 107 Å². The van der Waals surface area contributed by atoms with Gasteiger partial charge in [0.2, 0.25) is 0 Å². The molecule has 8 saturated carbocycles. The van der Waals surface area contributed by atoms with E-state index in [1.54, 1.807) is 0 Å². The van der Waals surface area contributed by atoms with Gasteiger partial charge in [-0.3, -0.25) is 0 Å². The van der Waals surface area contributed by atoms with E-state index in [4.69, 9.17) is 15.6 Å². The number of carbonyl (C=O) groups is 2. The summed E-state index contributed by atoms with van der Waals surface area (Å²) < 4.78 is 27.6. The second-order valence-electron chi connectivity index (χ2n) is 16.8. The summed E-state index contributed by atoms with van der Waals surface area (Å²) >= 11 is -3.21. The van der Waals surface area contributed by atoms with Crippen LogP contribution >= 0.6 is 20.6 Å². The average molecular weight is 799 g/mol. The fourth-order valence-electron chi connectivity index (χ4n) is 11.8. The zero-order chi connectivity index (χ0) is 34.8. The van der Waals surface area contributed by atoms with Gasteiger partial charge in [-0.2, -0.15) is 0 Å². The zero-order valence-electron chi connectivity index (χ0n) is 29.2. The Kier molecular flexibility index (Phi) is 8.17. The minimum atomic E-state index is -3.21. The average Bonchev–Trinajstić information content (AvgIpc) is 3.11. The maximum absolute atomic E-state index is 14.6. The summed E-state index contributed by atoms with van der Waals surface area (Å²) in [5.41, 5.74) is 0.0788. The van der Waals surface area contributed by atoms with Crippen LogP contribution < -0.4 is 9.47 Å². The molecule has 266 valence electrons. The molecule has 0 N–H and O–H groups in total. The normalized spacial score (nSPS) is 35.5. The molecule has 8 aliphatic rings. The van der Waals surface area contributed by atoms with Crippen LogP contribution in [0.5, 0.6) is 11.5 Å². The van der Waals surface area contributed by atoms with Crippen LogP contribution in [0.4, 0.5) is 0 Å². The Morgan fingerprint density at radius 1 is 0.569 bits per heavy atom. The summed E-state index contributed by atoms with van der Waals surface area (Å²) in [6.07, 6.45) is 14.3. The van der Waals surface area contributed by atoms with Gasteiger partial charge in [0.25, 0.3) is 0 Å². The summed E-state index contributed by atoms with van der Waals surface area (Å²) in [5.74, 6) is 2.97. The molecule has 8 aliphatic carbocycles. The molecule has 6 nitrogen and oxygen atoms in total. The van der Waals surface area contributed by atoms with Gasteiger partial charge in [-0.1, -0.05) is 0 Å². The van der Waals surface area contributed by atoms with Gasteiger partial charge >= 0.3 is 311 Å². The number of halogens is 1. The van der Waals surface area contributed by atoms with Crippen molar-refractivity contribution in [3.8, 4) is 11.5 Å². The number of carbonyl (C=O) groups excluding carboxylic acids is 2. The topological polar surface area (TPSA) is 71.1 Å². The molecule has 11 rings (SSSR count). The van der Waals surface area contributed by atoms with Gasteiger partial charge in [-0.15, -0.1) is 0 Å². The third-order valence-electron chi connectivity index (χ3n) is 13.0. The quantitative estimate of drug-likeness (QED) is 0.180. The summed E-state index contributed by atoms with van der Waals surface area (Å²) in [7, 11) is 0. The van der Waals surface area contributed by atoms with Crippen molar-refractivity contribution in [1.82, 2.24) is 0 Å². The van der Waals surface area contributed by atoms with E-state index >= 15 is 0 Å². The first-order valence-electron chi connectivity index (χ1n) is 18.7. The summed E-state index contributed by atoms with van der Waals surface area (Å²) in [5, 5.41) is 0. The molecule has 0 aromatic heterocycles. The molecule has 0 radical (unpaired) electrons. The molecular weight excluding hydrogens is 751 g/mol. The Morgan fingerprint density at radius 2 is 0.961 bits per heavy atom. The Balaban J connectivity index is 0.957. The fourth-order valence-corrected chi connectivity index (χ4v) is 15.1. The standard InChI is InChI=1S/C44H47IO6/c1-3-30-10-14-37(15-11-30)48-43-24-32-18-33(25-43)21-41(20-32,28-43)39(46)50-45(36-8-6-5-7-9-36)51-40(47)42-22-34-19-35(23-42)27-44(26-34,29-42)49-38-16-12-31(4-2)13-17-38/h3-17,32-35H,1-2,18-29H2. The molecule has 0 spiro atoms. The van der Waals surface area contributed by atoms with Gasteiger partial charge in [0.05, 0.1) is 0 Å². The zero-order valence-corrected chi connectivity index (χ0v) is 31.4. The van der Waals surface area contributed by atoms with E-state index in [0.29, 0.717) is 36.5 Å². The van der Waals surface area contributed by atoms with E-state index in [-0.39, 0.29) is 23.1 Å². The van der Waals surface area contributed by atoms with Crippen molar-refractivity contribution < 1.29 is 25.2 Å². The van der Waals surface area contributed by atoms with Gasteiger partial charge in [0, 0.05) is 0 Å². The van der Waals surface area contributed by atoms with E-state index in [9.17, 15) is 9.59 Å². The first kappa shape index (κ1) is 33.3. The predicted octanol–water partition coefficient (Wildman–Crippen LogP) is 10.4. The van der Waals surface area contributed by atoms with Crippen LogP contribution in [0.25, 0.3) is 12.2 Å². The van der Waals surface area contributed by atoms with E-state index in [1.807, 2.05) is 91.0 Å². The van der Waals surface area contributed by atoms with Gasteiger partial charge < -0.3 is 0 Å². The second kappa shape index (κ2) is 12.5. The molecule has 0 saturated heterocycles.